The highest BCUT2D eigenvalue weighted by molar-refractivity contribution is 6.30. The van der Waals surface area contributed by atoms with Crippen molar-refractivity contribution in [3.63, 3.8) is 0 Å². The monoisotopic (exact) mass is 313 g/mol. The molecule has 0 saturated heterocycles. The van der Waals surface area contributed by atoms with Crippen molar-refractivity contribution < 1.29 is 9.53 Å². The Bertz CT molecular complexity index is 665. The molecule has 2 rings (SSSR count). The van der Waals surface area contributed by atoms with Gasteiger partial charge in [-0.2, -0.15) is 4.98 Å². The van der Waals surface area contributed by atoms with E-state index in [4.69, 9.17) is 33.7 Å². The summed E-state index contributed by atoms with van der Waals surface area (Å²) < 4.78 is 4.92. The molecule has 0 unspecified atom stereocenters. The second-order valence-electron chi connectivity index (χ2n) is 3.61. The van der Waals surface area contributed by atoms with Gasteiger partial charge >= 0.3 is 0 Å². The smallest absolute Gasteiger partial charge is 0.260 e. The van der Waals surface area contributed by atoms with Crippen LogP contribution in [0.2, 0.25) is 10.3 Å². The van der Waals surface area contributed by atoms with Crippen molar-refractivity contribution in [1.29, 1.82) is 0 Å². The zero-order valence-corrected chi connectivity index (χ0v) is 11.7. The van der Waals surface area contributed by atoms with Crippen LogP contribution in [0.3, 0.4) is 0 Å². The number of pyridine rings is 1. The highest BCUT2D eigenvalue weighted by Crippen LogP contribution is 2.19. The predicted octanol–water partition coefficient (Wildman–Crippen LogP) is 2.02. The van der Waals surface area contributed by atoms with Gasteiger partial charge < -0.3 is 10.5 Å². The topological polar surface area (TPSA) is 103 Å². The molecule has 2 aromatic heterocycles. The molecule has 0 aliphatic heterocycles. The normalized spacial score (nSPS) is 10.2. The Labute approximate surface area is 124 Å². The Hall–Kier alpha value is -2.12. The molecule has 0 aliphatic rings. The lowest BCUT2D eigenvalue weighted by atomic mass is 10.2. The van der Waals surface area contributed by atoms with E-state index in [1.54, 1.807) is 0 Å². The third-order valence-corrected chi connectivity index (χ3v) is 2.65. The molecule has 0 fully saturated rings. The van der Waals surface area contributed by atoms with Crippen LogP contribution in [0.1, 0.15) is 10.4 Å². The Morgan fingerprint density at radius 3 is 2.75 bits per heavy atom. The van der Waals surface area contributed by atoms with E-state index in [9.17, 15) is 4.79 Å². The van der Waals surface area contributed by atoms with E-state index in [1.807, 2.05) is 0 Å². The molecular weight excluding hydrogens is 305 g/mol. The third-order valence-electron chi connectivity index (χ3n) is 2.25. The molecule has 20 heavy (non-hydrogen) atoms. The summed E-state index contributed by atoms with van der Waals surface area (Å²) in [6.45, 7) is 0. The predicted molar refractivity (Wildman–Crippen MR) is 75.2 cm³/mol. The van der Waals surface area contributed by atoms with Crippen molar-refractivity contribution >= 4 is 40.7 Å². The van der Waals surface area contributed by atoms with Gasteiger partial charge in [0, 0.05) is 6.07 Å². The lowest BCUT2D eigenvalue weighted by Gasteiger charge is -2.07. The molecule has 0 saturated carbocycles. The molecule has 2 heterocycles. The maximum atomic E-state index is 12.1. The molecule has 0 radical (unpaired) electrons. The summed E-state index contributed by atoms with van der Waals surface area (Å²) in [6, 6.07) is 2.75. The van der Waals surface area contributed by atoms with Crippen LogP contribution in [-0.2, 0) is 0 Å². The number of carbonyl (C=O) groups is 1. The number of halogens is 2. The molecule has 0 bridgehead atoms. The number of rotatable bonds is 3. The van der Waals surface area contributed by atoms with E-state index in [0.29, 0.717) is 0 Å². The summed E-state index contributed by atoms with van der Waals surface area (Å²) in [4.78, 5) is 23.6. The Balaban J connectivity index is 2.27. The zero-order valence-electron chi connectivity index (χ0n) is 10.2. The highest BCUT2D eigenvalue weighted by atomic mass is 35.5. The summed E-state index contributed by atoms with van der Waals surface area (Å²) in [5.41, 5.74) is 6.00. The number of methoxy groups -OCH3 is 1. The van der Waals surface area contributed by atoms with Gasteiger partial charge in [-0.3, -0.25) is 10.1 Å². The second kappa shape index (κ2) is 5.89. The van der Waals surface area contributed by atoms with Gasteiger partial charge in [0.2, 0.25) is 11.8 Å². The van der Waals surface area contributed by atoms with Gasteiger partial charge in [-0.1, -0.05) is 23.2 Å². The number of nitrogen functional groups attached to an aromatic ring is 1. The van der Waals surface area contributed by atoms with E-state index in [1.165, 1.54) is 25.4 Å². The molecule has 3 N–H and O–H groups in total. The largest absolute Gasteiger partial charge is 0.481 e. The second-order valence-corrected chi connectivity index (χ2v) is 4.38. The maximum Gasteiger partial charge on any atom is 0.260 e. The summed E-state index contributed by atoms with van der Waals surface area (Å²) in [7, 11) is 1.42. The van der Waals surface area contributed by atoms with Crippen molar-refractivity contribution in [2.24, 2.45) is 0 Å². The fraction of sp³-hybridized carbons (Fsp3) is 0.0909. The minimum Gasteiger partial charge on any atom is -0.481 e. The minimum atomic E-state index is -0.531. The number of amides is 1. The minimum absolute atomic E-state index is 0.00770. The number of hydrogen-bond donors (Lipinski definition) is 2. The van der Waals surface area contributed by atoms with Crippen LogP contribution in [0, 0.1) is 0 Å². The van der Waals surface area contributed by atoms with Crippen molar-refractivity contribution in [1.82, 2.24) is 15.0 Å². The van der Waals surface area contributed by atoms with Crippen molar-refractivity contribution in [2.75, 3.05) is 18.2 Å². The lowest BCUT2D eigenvalue weighted by molar-refractivity contribution is 0.102. The van der Waals surface area contributed by atoms with Gasteiger partial charge in [-0.15, -0.1) is 0 Å². The summed E-state index contributed by atoms with van der Waals surface area (Å²) in [5, 5.41) is 2.73. The quantitative estimate of drug-likeness (QED) is 0.663. The SMILES string of the molecule is COc1cc(Cl)nc(NC(=O)c2cc(Cl)ncc2N)n1. The van der Waals surface area contributed by atoms with E-state index in [-0.39, 0.29) is 33.4 Å². The number of ether oxygens (including phenoxy) is 1. The van der Waals surface area contributed by atoms with Crippen LogP contribution in [0.25, 0.3) is 0 Å². The van der Waals surface area contributed by atoms with E-state index >= 15 is 0 Å². The number of carbonyl (C=O) groups excluding carboxylic acids is 1. The molecule has 0 atom stereocenters. The summed E-state index contributed by atoms with van der Waals surface area (Å²) in [5.74, 6) is -0.316. The van der Waals surface area contributed by atoms with Crippen LogP contribution < -0.4 is 15.8 Å². The first-order chi connectivity index (χ1) is 9.49. The third kappa shape index (κ3) is 3.25. The molecule has 2 aromatic rings. The van der Waals surface area contributed by atoms with Crippen LogP contribution in [0.5, 0.6) is 5.88 Å². The van der Waals surface area contributed by atoms with Crippen molar-refractivity contribution in [2.45, 2.75) is 0 Å². The molecule has 104 valence electrons. The van der Waals surface area contributed by atoms with Crippen LogP contribution in [-0.4, -0.2) is 28.0 Å². The fourth-order valence-corrected chi connectivity index (χ4v) is 1.69. The average molecular weight is 314 g/mol. The summed E-state index contributed by atoms with van der Waals surface area (Å²) >= 11 is 11.5. The van der Waals surface area contributed by atoms with Gasteiger partial charge in [0.1, 0.15) is 10.3 Å². The van der Waals surface area contributed by atoms with Crippen LogP contribution in [0.15, 0.2) is 18.3 Å². The standard InChI is InChI=1S/C11H9Cl2N5O2/c1-20-9-3-8(13)16-11(17-9)18-10(19)5-2-7(12)15-4-6(5)14/h2-4H,14H2,1H3,(H,16,17,18,19). The number of anilines is 2. The Kier molecular flexibility index (Phi) is 4.21. The number of nitrogens with one attached hydrogen (secondary N) is 1. The average Bonchev–Trinajstić information content (AvgIpc) is 2.40. The molecule has 0 aliphatic carbocycles. The van der Waals surface area contributed by atoms with Gasteiger partial charge in [0.15, 0.2) is 0 Å². The molecular formula is C11H9Cl2N5O2. The first kappa shape index (κ1) is 14.3. The molecule has 9 heteroatoms. The van der Waals surface area contributed by atoms with Gasteiger partial charge in [-0.05, 0) is 6.07 Å². The number of nitrogens with zero attached hydrogens (tertiary/aromatic N) is 3. The summed E-state index contributed by atoms with van der Waals surface area (Å²) in [6.07, 6.45) is 1.29. The van der Waals surface area contributed by atoms with Crippen LogP contribution >= 0.6 is 23.2 Å². The van der Waals surface area contributed by atoms with E-state index in [2.05, 4.69) is 20.3 Å². The highest BCUT2D eigenvalue weighted by Gasteiger charge is 2.13. The molecule has 7 nitrogen and oxygen atoms in total. The first-order valence-corrected chi connectivity index (χ1v) is 6.06. The van der Waals surface area contributed by atoms with Gasteiger partial charge in [0.25, 0.3) is 5.91 Å². The first-order valence-electron chi connectivity index (χ1n) is 5.30. The Morgan fingerprint density at radius 1 is 1.30 bits per heavy atom. The molecule has 1 amide bonds. The molecule has 0 aromatic carbocycles. The van der Waals surface area contributed by atoms with E-state index in [0.717, 1.165) is 0 Å². The number of hydrogen-bond acceptors (Lipinski definition) is 6. The van der Waals surface area contributed by atoms with Crippen LogP contribution in [0.4, 0.5) is 11.6 Å². The number of aromatic nitrogens is 3. The maximum absolute atomic E-state index is 12.1. The van der Waals surface area contributed by atoms with Crippen molar-refractivity contribution in [3.8, 4) is 5.88 Å². The zero-order chi connectivity index (χ0) is 14.7. The fourth-order valence-electron chi connectivity index (χ4n) is 1.36. The van der Waals surface area contributed by atoms with Gasteiger partial charge in [-0.25, -0.2) is 9.97 Å². The number of nitrogens with two attached hydrogens (primary N) is 1. The lowest BCUT2D eigenvalue weighted by Crippen LogP contribution is -2.16. The van der Waals surface area contributed by atoms with E-state index < -0.39 is 5.91 Å². The van der Waals surface area contributed by atoms with Gasteiger partial charge in [0.05, 0.1) is 24.6 Å². The Morgan fingerprint density at radius 2 is 2.05 bits per heavy atom. The molecule has 0 spiro atoms. The van der Waals surface area contributed by atoms with Crippen molar-refractivity contribution in [3.05, 3.63) is 34.2 Å².